The summed E-state index contributed by atoms with van der Waals surface area (Å²) < 4.78 is 35.0. The molecule has 132 valence electrons. The lowest BCUT2D eigenvalue weighted by molar-refractivity contribution is 0.249. The summed E-state index contributed by atoms with van der Waals surface area (Å²) in [6.07, 6.45) is 1.32. The van der Waals surface area contributed by atoms with Crippen LogP contribution in [0.3, 0.4) is 0 Å². The number of nitrogens with two attached hydrogens (primary N) is 1. The van der Waals surface area contributed by atoms with Crippen molar-refractivity contribution in [3.63, 3.8) is 0 Å². The van der Waals surface area contributed by atoms with Crippen LogP contribution >= 0.6 is 0 Å². The third-order valence-corrected chi connectivity index (χ3v) is 4.33. The maximum absolute atomic E-state index is 12.3. The topological polar surface area (TPSA) is 120 Å². The second-order valence-electron chi connectivity index (χ2n) is 5.00. The number of hydrogen-bond acceptors (Lipinski definition) is 6. The molecule has 0 bridgehead atoms. The Morgan fingerprint density at radius 2 is 1.84 bits per heavy atom. The molecule has 0 heterocycles. The van der Waals surface area contributed by atoms with Gasteiger partial charge in [0, 0.05) is 0 Å². The van der Waals surface area contributed by atoms with Gasteiger partial charge in [0.25, 0.3) is 0 Å². The van der Waals surface area contributed by atoms with E-state index in [0.29, 0.717) is 5.56 Å². The van der Waals surface area contributed by atoms with Crippen molar-refractivity contribution in [2.75, 3.05) is 7.11 Å². The Morgan fingerprint density at radius 1 is 1.16 bits per heavy atom. The van der Waals surface area contributed by atoms with Crippen LogP contribution in [0.5, 0.6) is 11.5 Å². The number of carbonyl (C=O) groups is 1. The van der Waals surface area contributed by atoms with Crippen molar-refractivity contribution >= 4 is 22.4 Å². The first-order valence-electron chi connectivity index (χ1n) is 7.09. The van der Waals surface area contributed by atoms with E-state index in [4.69, 9.17) is 14.7 Å². The molecule has 0 aliphatic heterocycles. The van der Waals surface area contributed by atoms with E-state index in [-0.39, 0.29) is 16.4 Å². The van der Waals surface area contributed by atoms with Gasteiger partial charge in [0.1, 0.15) is 4.90 Å². The molecule has 0 fully saturated rings. The lowest BCUT2D eigenvalue weighted by atomic mass is 10.2. The van der Waals surface area contributed by atoms with Gasteiger partial charge >= 0.3 is 16.1 Å². The minimum absolute atomic E-state index is 0.0306. The SMILES string of the molecule is COc1cc(/C=N/NC(N)=O)ccc1OS(=O)(=O)c1ccc(C)cc1. The van der Waals surface area contributed by atoms with Crippen molar-refractivity contribution in [2.24, 2.45) is 10.8 Å². The van der Waals surface area contributed by atoms with Gasteiger partial charge in [-0.2, -0.15) is 13.5 Å². The largest absolute Gasteiger partial charge is 0.493 e. The summed E-state index contributed by atoms with van der Waals surface area (Å²) in [4.78, 5) is 10.6. The molecule has 0 saturated heterocycles. The number of hydrogen-bond donors (Lipinski definition) is 2. The number of rotatable bonds is 6. The zero-order chi connectivity index (χ0) is 18.4. The maximum Gasteiger partial charge on any atom is 0.339 e. The van der Waals surface area contributed by atoms with Gasteiger partial charge < -0.3 is 14.7 Å². The molecule has 0 aliphatic carbocycles. The predicted octanol–water partition coefficient (Wildman–Crippen LogP) is 1.77. The summed E-state index contributed by atoms with van der Waals surface area (Å²) in [6, 6.07) is 9.98. The first-order chi connectivity index (χ1) is 11.8. The monoisotopic (exact) mass is 363 g/mol. The average Bonchev–Trinajstić information content (AvgIpc) is 2.56. The molecule has 0 spiro atoms. The molecule has 0 saturated carbocycles. The highest BCUT2D eigenvalue weighted by atomic mass is 32.2. The van der Waals surface area contributed by atoms with E-state index in [1.807, 2.05) is 6.92 Å². The van der Waals surface area contributed by atoms with Crippen LogP contribution in [0.4, 0.5) is 4.79 Å². The third kappa shape index (κ3) is 4.95. The fourth-order valence-electron chi connectivity index (χ4n) is 1.87. The van der Waals surface area contributed by atoms with E-state index in [0.717, 1.165) is 5.56 Å². The summed E-state index contributed by atoms with van der Waals surface area (Å²) >= 11 is 0. The standard InChI is InChI=1S/C16H17N3O5S/c1-11-3-6-13(7-4-11)25(21,22)24-14-8-5-12(9-15(14)23-2)10-18-19-16(17)20/h3-10H,1-2H3,(H3,17,19,20)/b18-10+. The highest BCUT2D eigenvalue weighted by molar-refractivity contribution is 7.87. The van der Waals surface area contributed by atoms with Crippen LogP contribution in [-0.2, 0) is 10.1 Å². The lowest BCUT2D eigenvalue weighted by Gasteiger charge is -2.11. The van der Waals surface area contributed by atoms with Crippen molar-refractivity contribution in [2.45, 2.75) is 11.8 Å². The Balaban J connectivity index is 2.25. The second-order valence-corrected chi connectivity index (χ2v) is 6.54. The van der Waals surface area contributed by atoms with E-state index in [1.54, 1.807) is 18.2 Å². The van der Waals surface area contributed by atoms with Crippen LogP contribution < -0.4 is 20.1 Å². The van der Waals surface area contributed by atoms with Gasteiger partial charge in [0.05, 0.1) is 13.3 Å². The van der Waals surface area contributed by atoms with E-state index in [9.17, 15) is 13.2 Å². The van der Waals surface area contributed by atoms with Crippen molar-refractivity contribution in [1.82, 2.24) is 5.43 Å². The third-order valence-electron chi connectivity index (χ3n) is 3.09. The van der Waals surface area contributed by atoms with E-state index >= 15 is 0 Å². The maximum atomic E-state index is 12.3. The summed E-state index contributed by atoms with van der Waals surface area (Å²) in [6.45, 7) is 1.85. The minimum Gasteiger partial charge on any atom is -0.493 e. The van der Waals surface area contributed by atoms with Crippen LogP contribution in [0.2, 0.25) is 0 Å². The van der Waals surface area contributed by atoms with E-state index < -0.39 is 16.1 Å². The number of amides is 2. The Labute approximate surface area is 145 Å². The fourth-order valence-corrected chi connectivity index (χ4v) is 2.81. The van der Waals surface area contributed by atoms with Gasteiger partial charge in [-0.15, -0.1) is 0 Å². The quantitative estimate of drug-likeness (QED) is 0.460. The average molecular weight is 363 g/mol. The molecular weight excluding hydrogens is 346 g/mol. The molecule has 9 heteroatoms. The van der Waals surface area contributed by atoms with Gasteiger partial charge in [-0.1, -0.05) is 17.7 Å². The fraction of sp³-hybridized carbons (Fsp3) is 0.125. The first-order valence-corrected chi connectivity index (χ1v) is 8.50. The van der Waals surface area contributed by atoms with Crippen LogP contribution in [0.15, 0.2) is 52.5 Å². The molecule has 0 unspecified atom stereocenters. The van der Waals surface area contributed by atoms with Crippen LogP contribution in [-0.4, -0.2) is 27.8 Å². The van der Waals surface area contributed by atoms with Crippen LogP contribution in [0.1, 0.15) is 11.1 Å². The van der Waals surface area contributed by atoms with Gasteiger partial charge in [0.2, 0.25) is 0 Å². The van der Waals surface area contributed by atoms with Gasteiger partial charge in [-0.25, -0.2) is 10.2 Å². The number of carbonyl (C=O) groups excluding carboxylic acids is 1. The van der Waals surface area contributed by atoms with Crippen LogP contribution in [0.25, 0.3) is 0 Å². The highest BCUT2D eigenvalue weighted by Gasteiger charge is 2.19. The summed E-state index contributed by atoms with van der Waals surface area (Å²) in [7, 11) is -2.61. The van der Waals surface area contributed by atoms with E-state index in [2.05, 4.69) is 10.5 Å². The minimum atomic E-state index is -3.99. The highest BCUT2D eigenvalue weighted by Crippen LogP contribution is 2.30. The summed E-state index contributed by atoms with van der Waals surface area (Å²) in [5.74, 6) is 0.224. The predicted molar refractivity (Wildman–Crippen MR) is 92.3 cm³/mol. The van der Waals surface area contributed by atoms with Crippen molar-refractivity contribution in [3.8, 4) is 11.5 Å². The first kappa shape index (κ1) is 18.3. The number of aryl methyl sites for hydroxylation is 1. The number of benzene rings is 2. The van der Waals surface area contributed by atoms with Crippen molar-refractivity contribution < 1.29 is 22.1 Å². The Morgan fingerprint density at radius 3 is 2.44 bits per heavy atom. The number of nitrogens with one attached hydrogen (secondary N) is 1. The zero-order valence-electron chi connectivity index (χ0n) is 13.6. The number of primary amides is 1. The van der Waals surface area contributed by atoms with Crippen molar-refractivity contribution in [1.29, 1.82) is 0 Å². The molecule has 2 aromatic rings. The Kier molecular flexibility index (Phi) is 5.60. The van der Waals surface area contributed by atoms with Gasteiger partial charge in [-0.3, -0.25) is 0 Å². The number of methoxy groups -OCH3 is 1. The van der Waals surface area contributed by atoms with Gasteiger partial charge in [-0.05, 0) is 42.8 Å². The molecular formula is C16H17N3O5S. The second kappa shape index (κ2) is 7.67. The van der Waals surface area contributed by atoms with Gasteiger partial charge in [0.15, 0.2) is 11.5 Å². The molecule has 3 N–H and O–H groups in total. The molecule has 2 amide bonds. The number of ether oxygens (including phenoxy) is 1. The lowest BCUT2D eigenvalue weighted by Crippen LogP contribution is -2.24. The number of urea groups is 1. The Bertz CT molecular complexity index is 892. The summed E-state index contributed by atoms with van der Waals surface area (Å²) in [5.41, 5.74) is 8.43. The smallest absolute Gasteiger partial charge is 0.339 e. The van der Waals surface area contributed by atoms with E-state index in [1.165, 1.54) is 37.6 Å². The molecule has 25 heavy (non-hydrogen) atoms. The molecule has 8 nitrogen and oxygen atoms in total. The zero-order valence-corrected chi connectivity index (χ0v) is 14.4. The number of hydrazone groups is 1. The Hall–Kier alpha value is -3.07. The molecule has 0 aliphatic rings. The molecule has 2 rings (SSSR count). The molecule has 0 aromatic heterocycles. The number of nitrogens with zero attached hydrogens (tertiary/aromatic N) is 1. The summed E-state index contributed by atoms with van der Waals surface area (Å²) in [5, 5.41) is 3.61. The molecule has 0 atom stereocenters. The normalized spacial score (nSPS) is 11.3. The molecule has 0 radical (unpaired) electrons. The van der Waals surface area contributed by atoms with Crippen molar-refractivity contribution in [3.05, 3.63) is 53.6 Å². The molecule has 2 aromatic carbocycles. The van der Waals surface area contributed by atoms with Crippen LogP contribution in [0, 0.1) is 6.92 Å².